The highest BCUT2D eigenvalue weighted by molar-refractivity contribution is 5.93. The number of nitrogens with two attached hydrogens (primary N) is 1. The Bertz CT molecular complexity index is 1070. The lowest BCUT2D eigenvalue weighted by molar-refractivity contribution is -0.142. The van der Waals surface area contributed by atoms with Gasteiger partial charge < -0.3 is 37.0 Å². The van der Waals surface area contributed by atoms with Crippen molar-refractivity contribution in [2.45, 2.75) is 51.2 Å². The number of hydrogen-bond acceptors (Lipinski definition) is 7. The van der Waals surface area contributed by atoms with E-state index >= 15 is 0 Å². The molecular weight excluding hydrogens is 480 g/mol. The van der Waals surface area contributed by atoms with Gasteiger partial charge in [-0.05, 0) is 47.7 Å². The van der Waals surface area contributed by atoms with Gasteiger partial charge in [-0.25, -0.2) is 4.79 Å². The van der Waals surface area contributed by atoms with Crippen LogP contribution >= 0.6 is 0 Å². The van der Waals surface area contributed by atoms with Gasteiger partial charge >= 0.3 is 5.97 Å². The van der Waals surface area contributed by atoms with Crippen molar-refractivity contribution in [3.05, 3.63) is 59.7 Å². The number of aromatic hydroxyl groups is 2. The summed E-state index contributed by atoms with van der Waals surface area (Å²) < 4.78 is 0. The molecule has 0 spiro atoms. The maximum absolute atomic E-state index is 13.2. The van der Waals surface area contributed by atoms with Crippen molar-refractivity contribution in [2.75, 3.05) is 6.54 Å². The van der Waals surface area contributed by atoms with E-state index in [-0.39, 0.29) is 43.2 Å². The van der Waals surface area contributed by atoms with Crippen molar-refractivity contribution in [1.82, 2.24) is 16.0 Å². The number of carboxylic acid groups (broad SMARTS) is 1. The van der Waals surface area contributed by atoms with Crippen LogP contribution in [0, 0.1) is 5.92 Å². The Morgan fingerprint density at radius 2 is 1.16 bits per heavy atom. The monoisotopic (exact) mass is 514 g/mol. The molecule has 0 saturated carbocycles. The van der Waals surface area contributed by atoms with Gasteiger partial charge in [0.15, 0.2) is 0 Å². The second-order valence-corrected chi connectivity index (χ2v) is 9.16. The van der Waals surface area contributed by atoms with Gasteiger partial charge in [0.05, 0.1) is 6.54 Å². The molecule has 0 radical (unpaired) electrons. The molecule has 11 nitrogen and oxygen atoms in total. The Morgan fingerprint density at radius 3 is 1.59 bits per heavy atom. The summed E-state index contributed by atoms with van der Waals surface area (Å²) >= 11 is 0. The fourth-order valence-electron chi connectivity index (χ4n) is 3.65. The number of carboxylic acids is 1. The number of nitrogens with one attached hydrogen (secondary N) is 3. The number of amides is 3. The molecule has 0 saturated heterocycles. The molecule has 0 aromatic heterocycles. The maximum Gasteiger partial charge on any atom is 0.326 e. The minimum atomic E-state index is -1.27. The van der Waals surface area contributed by atoms with Crippen LogP contribution in [0.5, 0.6) is 11.5 Å². The molecular formula is C26H34N4O7. The van der Waals surface area contributed by atoms with Crippen molar-refractivity contribution >= 4 is 23.7 Å². The quantitative estimate of drug-likeness (QED) is 0.200. The number of phenolic OH excluding ortho intramolecular Hbond substituents is 2. The second-order valence-electron chi connectivity index (χ2n) is 9.16. The van der Waals surface area contributed by atoms with Gasteiger partial charge in [0.25, 0.3) is 0 Å². The standard InChI is InChI=1S/C26H34N4O7/c1-15(2)11-20(24(34)30-22(26(36)37)13-17-5-9-19(32)10-6-17)29-25(35)21(28-23(33)14-27)12-16-3-7-18(31)8-4-16/h3-10,15,20-22,31-32H,11-14,27H2,1-2H3,(H,28,33)(H,29,35)(H,30,34)(H,36,37). The van der Waals surface area contributed by atoms with Crippen LogP contribution in [0.2, 0.25) is 0 Å². The molecule has 11 heteroatoms. The molecule has 3 atom stereocenters. The lowest BCUT2D eigenvalue weighted by Gasteiger charge is -2.25. The molecule has 2 rings (SSSR count). The van der Waals surface area contributed by atoms with E-state index in [1.807, 2.05) is 13.8 Å². The summed E-state index contributed by atoms with van der Waals surface area (Å²) in [4.78, 5) is 50.1. The van der Waals surface area contributed by atoms with Gasteiger partial charge in [-0.3, -0.25) is 14.4 Å². The zero-order valence-corrected chi connectivity index (χ0v) is 20.8. The Balaban J connectivity index is 2.18. The van der Waals surface area contributed by atoms with Gasteiger partial charge in [-0.15, -0.1) is 0 Å². The number of rotatable bonds is 13. The summed E-state index contributed by atoms with van der Waals surface area (Å²) in [6.07, 6.45) is 0.270. The van der Waals surface area contributed by atoms with Crippen LogP contribution < -0.4 is 21.7 Å². The zero-order chi connectivity index (χ0) is 27.5. The first-order valence-electron chi connectivity index (χ1n) is 11.9. The lowest BCUT2D eigenvalue weighted by atomic mass is 10.00. The van der Waals surface area contributed by atoms with E-state index in [0.717, 1.165) is 0 Å². The Labute approximate surface area is 215 Å². The summed E-state index contributed by atoms with van der Waals surface area (Å²) in [5.41, 5.74) is 6.64. The SMILES string of the molecule is CC(C)CC(NC(=O)C(Cc1ccc(O)cc1)NC(=O)CN)C(=O)NC(Cc1ccc(O)cc1)C(=O)O. The molecule has 0 aliphatic heterocycles. The van der Waals surface area contributed by atoms with Crippen LogP contribution in [0.25, 0.3) is 0 Å². The molecule has 37 heavy (non-hydrogen) atoms. The van der Waals surface area contributed by atoms with Crippen LogP contribution in [0.3, 0.4) is 0 Å². The molecule has 0 fully saturated rings. The van der Waals surface area contributed by atoms with Gasteiger partial charge in [0, 0.05) is 12.8 Å². The third kappa shape index (κ3) is 9.80. The van der Waals surface area contributed by atoms with Gasteiger partial charge in [0.2, 0.25) is 17.7 Å². The van der Waals surface area contributed by atoms with Crippen molar-refractivity contribution in [2.24, 2.45) is 11.7 Å². The number of aliphatic carboxylic acids is 1. The van der Waals surface area contributed by atoms with E-state index < -0.39 is 41.8 Å². The first-order valence-corrected chi connectivity index (χ1v) is 11.9. The predicted molar refractivity (Wildman–Crippen MR) is 136 cm³/mol. The fraction of sp³-hybridized carbons (Fsp3) is 0.385. The third-order valence-corrected chi connectivity index (χ3v) is 5.54. The molecule has 8 N–H and O–H groups in total. The molecule has 0 aliphatic rings. The first-order chi connectivity index (χ1) is 17.5. The van der Waals surface area contributed by atoms with Crippen LogP contribution in [-0.2, 0) is 32.0 Å². The van der Waals surface area contributed by atoms with Gasteiger partial charge in [-0.1, -0.05) is 38.1 Å². The normalized spacial score (nSPS) is 13.3. The zero-order valence-electron chi connectivity index (χ0n) is 20.8. The number of hydrogen-bond donors (Lipinski definition) is 7. The molecule has 3 amide bonds. The molecule has 3 unspecified atom stereocenters. The van der Waals surface area contributed by atoms with Gasteiger partial charge in [0.1, 0.15) is 29.6 Å². The minimum Gasteiger partial charge on any atom is -0.508 e. The van der Waals surface area contributed by atoms with E-state index in [4.69, 9.17) is 5.73 Å². The second kappa shape index (κ2) is 13.8. The summed E-state index contributed by atoms with van der Waals surface area (Å²) in [5, 5.41) is 36.3. The van der Waals surface area contributed by atoms with Crippen LogP contribution in [0.1, 0.15) is 31.4 Å². The minimum absolute atomic E-state index is 0.0226. The third-order valence-electron chi connectivity index (χ3n) is 5.54. The van der Waals surface area contributed by atoms with E-state index in [9.17, 15) is 34.5 Å². The van der Waals surface area contributed by atoms with Crippen LogP contribution in [-0.4, -0.2) is 63.7 Å². The lowest BCUT2D eigenvalue weighted by Crippen LogP contribution is -2.57. The highest BCUT2D eigenvalue weighted by Gasteiger charge is 2.30. The van der Waals surface area contributed by atoms with Crippen molar-refractivity contribution < 1.29 is 34.5 Å². The van der Waals surface area contributed by atoms with Crippen LogP contribution in [0.15, 0.2) is 48.5 Å². The number of carbonyl (C=O) groups excluding carboxylic acids is 3. The van der Waals surface area contributed by atoms with Crippen LogP contribution in [0.4, 0.5) is 0 Å². The van der Waals surface area contributed by atoms with Crippen molar-refractivity contribution in [3.63, 3.8) is 0 Å². The average molecular weight is 515 g/mol. The average Bonchev–Trinajstić information content (AvgIpc) is 2.84. The molecule has 0 aliphatic carbocycles. The Hall–Kier alpha value is -4.12. The van der Waals surface area contributed by atoms with E-state index in [1.54, 1.807) is 24.3 Å². The topological polar surface area (TPSA) is 191 Å². The van der Waals surface area contributed by atoms with Crippen molar-refractivity contribution in [3.8, 4) is 11.5 Å². The Morgan fingerprint density at radius 1 is 0.730 bits per heavy atom. The van der Waals surface area contributed by atoms with E-state index in [0.29, 0.717) is 11.1 Å². The molecule has 2 aromatic carbocycles. The largest absolute Gasteiger partial charge is 0.508 e. The Kier molecular flexibility index (Phi) is 10.9. The fourth-order valence-corrected chi connectivity index (χ4v) is 3.65. The summed E-state index contributed by atoms with van der Waals surface area (Å²) in [6, 6.07) is 8.65. The van der Waals surface area contributed by atoms with Gasteiger partial charge in [-0.2, -0.15) is 0 Å². The summed E-state index contributed by atoms with van der Waals surface area (Å²) in [5.74, 6) is -3.08. The first kappa shape index (κ1) is 29.1. The summed E-state index contributed by atoms with van der Waals surface area (Å²) in [7, 11) is 0. The maximum atomic E-state index is 13.2. The number of phenols is 2. The van der Waals surface area contributed by atoms with E-state index in [1.165, 1.54) is 24.3 Å². The molecule has 0 bridgehead atoms. The number of benzene rings is 2. The number of carbonyl (C=O) groups is 4. The predicted octanol–water partition coefficient (Wildman–Crippen LogP) is 0.427. The molecule has 200 valence electrons. The van der Waals surface area contributed by atoms with E-state index in [2.05, 4.69) is 16.0 Å². The smallest absolute Gasteiger partial charge is 0.326 e. The highest BCUT2D eigenvalue weighted by atomic mass is 16.4. The van der Waals surface area contributed by atoms with Crippen molar-refractivity contribution in [1.29, 1.82) is 0 Å². The highest BCUT2D eigenvalue weighted by Crippen LogP contribution is 2.14. The molecule has 2 aromatic rings. The molecule has 0 heterocycles. The summed E-state index contributed by atoms with van der Waals surface area (Å²) in [6.45, 7) is 3.36.